The molecular formula is C20H19BrN4O3. The number of carbonyl (C=O) groups is 1. The number of amides is 1. The van der Waals surface area contributed by atoms with Crippen LogP contribution in [0.2, 0.25) is 0 Å². The third kappa shape index (κ3) is 4.07. The number of rotatable bonds is 4. The van der Waals surface area contributed by atoms with Gasteiger partial charge in [0.25, 0.3) is 5.56 Å². The summed E-state index contributed by atoms with van der Waals surface area (Å²) in [6, 6.07) is 13.0. The molecule has 3 aromatic rings. The zero-order valence-electron chi connectivity index (χ0n) is 15.1. The van der Waals surface area contributed by atoms with Gasteiger partial charge in [-0.15, -0.1) is 0 Å². The highest BCUT2D eigenvalue weighted by Gasteiger charge is 2.12. The van der Waals surface area contributed by atoms with Gasteiger partial charge in [-0.2, -0.15) is 0 Å². The Morgan fingerprint density at radius 1 is 1.14 bits per heavy atom. The zero-order chi connectivity index (χ0) is 19.5. The Bertz CT molecular complexity index is 1060. The fourth-order valence-electron chi connectivity index (χ4n) is 3.18. The van der Waals surface area contributed by atoms with Gasteiger partial charge in [-0.25, -0.2) is 4.98 Å². The van der Waals surface area contributed by atoms with Gasteiger partial charge in [0.1, 0.15) is 6.54 Å². The van der Waals surface area contributed by atoms with Crippen LogP contribution in [0.3, 0.4) is 0 Å². The first-order chi connectivity index (χ1) is 13.6. The SMILES string of the molecule is O=C(Cn1cnc2ccc(Br)cc2c1=O)Nc1ccc(N2CCOCC2)cc1. The van der Waals surface area contributed by atoms with Crippen LogP contribution in [0.5, 0.6) is 0 Å². The van der Waals surface area contributed by atoms with E-state index in [9.17, 15) is 9.59 Å². The fourth-order valence-corrected chi connectivity index (χ4v) is 3.54. The first kappa shape index (κ1) is 18.6. The highest BCUT2D eigenvalue weighted by atomic mass is 79.9. The van der Waals surface area contributed by atoms with Gasteiger partial charge in [-0.3, -0.25) is 14.2 Å². The first-order valence-electron chi connectivity index (χ1n) is 8.97. The third-order valence-electron chi connectivity index (χ3n) is 4.63. The van der Waals surface area contributed by atoms with Crippen molar-refractivity contribution >= 4 is 44.1 Å². The predicted octanol–water partition coefficient (Wildman–Crippen LogP) is 2.63. The molecule has 1 aliphatic rings. The second kappa shape index (κ2) is 8.12. The van der Waals surface area contributed by atoms with Crippen LogP contribution in [0.4, 0.5) is 11.4 Å². The number of hydrogen-bond acceptors (Lipinski definition) is 5. The number of hydrogen-bond donors (Lipinski definition) is 1. The summed E-state index contributed by atoms with van der Waals surface area (Å²) in [6.07, 6.45) is 1.40. The molecule has 1 amide bonds. The van der Waals surface area contributed by atoms with E-state index >= 15 is 0 Å². The van der Waals surface area contributed by atoms with E-state index < -0.39 is 0 Å². The topological polar surface area (TPSA) is 76.5 Å². The highest BCUT2D eigenvalue weighted by Crippen LogP contribution is 2.19. The standard InChI is InChI=1S/C20H19BrN4O3/c21-14-1-6-18-17(11-14)20(27)25(13-22-18)12-19(26)23-15-2-4-16(5-3-15)24-7-9-28-10-8-24/h1-6,11,13H,7-10,12H2,(H,23,26). The summed E-state index contributed by atoms with van der Waals surface area (Å²) >= 11 is 3.36. The minimum Gasteiger partial charge on any atom is -0.378 e. The number of nitrogens with one attached hydrogen (secondary N) is 1. The van der Waals surface area contributed by atoms with Crippen molar-refractivity contribution in [2.24, 2.45) is 0 Å². The van der Waals surface area contributed by atoms with Crippen molar-refractivity contribution in [3.63, 3.8) is 0 Å². The van der Waals surface area contributed by atoms with E-state index in [4.69, 9.17) is 4.74 Å². The van der Waals surface area contributed by atoms with Crippen LogP contribution in [0.25, 0.3) is 10.9 Å². The Morgan fingerprint density at radius 3 is 2.64 bits per heavy atom. The number of aromatic nitrogens is 2. The summed E-state index contributed by atoms with van der Waals surface area (Å²) < 4.78 is 7.47. The summed E-state index contributed by atoms with van der Waals surface area (Å²) in [6.45, 7) is 3.08. The van der Waals surface area contributed by atoms with Gasteiger partial charge in [-0.05, 0) is 42.5 Å². The molecule has 1 fully saturated rings. The highest BCUT2D eigenvalue weighted by molar-refractivity contribution is 9.10. The summed E-state index contributed by atoms with van der Waals surface area (Å²) in [5.74, 6) is -0.280. The molecule has 0 radical (unpaired) electrons. The van der Waals surface area contributed by atoms with Crippen LogP contribution in [-0.4, -0.2) is 41.8 Å². The van der Waals surface area contributed by atoms with Gasteiger partial charge in [-0.1, -0.05) is 15.9 Å². The molecule has 0 unspecified atom stereocenters. The third-order valence-corrected chi connectivity index (χ3v) is 5.12. The molecule has 0 saturated carbocycles. The van der Waals surface area contributed by atoms with Crippen molar-refractivity contribution in [3.05, 3.63) is 63.6 Å². The van der Waals surface area contributed by atoms with Crippen LogP contribution in [-0.2, 0) is 16.1 Å². The quantitative estimate of drug-likeness (QED) is 0.671. The Kier molecular flexibility index (Phi) is 5.40. The Labute approximate surface area is 170 Å². The number of carbonyl (C=O) groups excluding carboxylic acids is 1. The van der Waals surface area contributed by atoms with Gasteiger partial charge in [0.15, 0.2) is 0 Å². The number of ether oxygens (including phenoxy) is 1. The lowest BCUT2D eigenvalue weighted by atomic mass is 10.2. The van der Waals surface area contributed by atoms with Gasteiger partial charge in [0, 0.05) is 28.9 Å². The molecule has 1 saturated heterocycles. The monoisotopic (exact) mass is 442 g/mol. The largest absolute Gasteiger partial charge is 0.378 e. The van der Waals surface area contributed by atoms with Crippen molar-refractivity contribution in [3.8, 4) is 0 Å². The van der Waals surface area contributed by atoms with E-state index in [-0.39, 0.29) is 18.0 Å². The maximum atomic E-state index is 12.6. The maximum Gasteiger partial charge on any atom is 0.261 e. The first-order valence-corrected chi connectivity index (χ1v) is 9.77. The maximum absolute atomic E-state index is 12.6. The lowest BCUT2D eigenvalue weighted by Crippen LogP contribution is -2.36. The van der Waals surface area contributed by atoms with Crippen molar-refractivity contribution in [2.45, 2.75) is 6.54 Å². The Hall–Kier alpha value is -2.71. The molecule has 1 aromatic heterocycles. The molecule has 8 heteroatoms. The summed E-state index contributed by atoms with van der Waals surface area (Å²) in [4.78, 5) is 31.5. The van der Waals surface area contributed by atoms with Crippen LogP contribution in [0.1, 0.15) is 0 Å². The van der Waals surface area contributed by atoms with E-state index in [1.807, 2.05) is 30.3 Å². The molecule has 28 heavy (non-hydrogen) atoms. The van der Waals surface area contributed by atoms with E-state index in [0.717, 1.165) is 36.5 Å². The molecule has 0 atom stereocenters. The van der Waals surface area contributed by atoms with Crippen molar-refractivity contribution in [2.75, 3.05) is 36.5 Å². The van der Waals surface area contributed by atoms with Crippen LogP contribution in [0, 0.1) is 0 Å². The van der Waals surface area contributed by atoms with E-state index in [0.29, 0.717) is 16.6 Å². The average molecular weight is 443 g/mol. The lowest BCUT2D eigenvalue weighted by Gasteiger charge is -2.28. The van der Waals surface area contributed by atoms with Gasteiger partial charge in [0.2, 0.25) is 5.91 Å². The molecule has 0 bridgehead atoms. The molecule has 1 aliphatic heterocycles. The van der Waals surface area contributed by atoms with E-state index in [1.165, 1.54) is 10.9 Å². The van der Waals surface area contributed by atoms with Gasteiger partial charge >= 0.3 is 0 Å². The van der Waals surface area contributed by atoms with E-state index in [1.54, 1.807) is 12.1 Å². The van der Waals surface area contributed by atoms with Crippen LogP contribution < -0.4 is 15.8 Å². The smallest absolute Gasteiger partial charge is 0.261 e. The molecule has 1 N–H and O–H groups in total. The van der Waals surface area contributed by atoms with Crippen molar-refractivity contribution in [1.82, 2.24) is 9.55 Å². The molecule has 144 valence electrons. The molecule has 4 rings (SSSR count). The minimum absolute atomic E-state index is 0.0977. The number of halogens is 1. The summed E-state index contributed by atoms with van der Waals surface area (Å²) in [5, 5.41) is 3.30. The normalized spacial score (nSPS) is 14.2. The Morgan fingerprint density at radius 2 is 1.89 bits per heavy atom. The predicted molar refractivity (Wildman–Crippen MR) is 112 cm³/mol. The zero-order valence-corrected chi connectivity index (χ0v) is 16.7. The molecule has 0 aliphatic carbocycles. The number of anilines is 2. The fraction of sp³-hybridized carbons (Fsp3) is 0.250. The second-order valence-corrected chi connectivity index (χ2v) is 7.45. The van der Waals surface area contributed by atoms with Crippen LogP contribution in [0.15, 0.2) is 58.1 Å². The number of benzene rings is 2. The molecular weight excluding hydrogens is 424 g/mol. The van der Waals surface area contributed by atoms with E-state index in [2.05, 4.69) is 31.1 Å². The average Bonchev–Trinajstić information content (AvgIpc) is 2.72. The molecule has 2 aromatic carbocycles. The van der Waals surface area contributed by atoms with Gasteiger partial charge < -0.3 is 15.0 Å². The van der Waals surface area contributed by atoms with Crippen molar-refractivity contribution < 1.29 is 9.53 Å². The molecule has 2 heterocycles. The summed E-state index contributed by atoms with van der Waals surface area (Å²) in [5.41, 5.74) is 2.14. The Balaban J connectivity index is 1.45. The van der Waals surface area contributed by atoms with Crippen LogP contribution >= 0.6 is 15.9 Å². The lowest BCUT2D eigenvalue weighted by molar-refractivity contribution is -0.116. The molecule has 0 spiro atoms. The molecule has 7 nitrogen and oxygen atoms in total. The van der Waals surface area contributed by atoms with Gasteiger partial charge in [0.05, 0.1) is 30.4 Å². The second-order valence-electron chi connectivity index (χ2n) is 6.53. The minimum atomic E-state index is -0.280. The summed E-state index contributed by atoms with van der Waals surface area (Å²) in [7, 11) is 0. The number of fused-ring (bicyclic) bond motifs is 1. The number of morpholine rings is 1. The van der Waals surface area contributed by atoms with Crippen molar-refractivity contribution in [1.29, 1.82) is 0 Å². The number of nitrogens with zero attached hydrogens (tertiary/aromatic N) is 3.